The van der Waals surface area contributed by atoms with Gasteiger partial charge in [-0.25, -0.2) is 4.98 Å². The Kier molecular flexibility index (Phi) is 11.1. The second-order valence-electron chi connectivity index (χ2n) is 14.6. The zero-order valence-electron chi connectivity index (χ0n) is 31.2. The first kappa shape index (κ1) is 37.0. The van der Waals surface area contributed by atoms with Crippen LogP contribution in [0.15, 0.2) is 83.5 Å². The van der Waals surface area contributed by atoms with Gasteiger partial charge in [-0.2, -0.15) is 5.26 Å². The van der Waals surface area contributed by atoms with Crippen LogP contribution in [0.1, 0.15) is 64.6 Å². The molecule has 0 radical (unpaired) electrons. The Labute approximate surface area is 332 Å². The van der Waals surface area contributed by atoms with Gasteiger partial charge in [0, 0.05) is 48.2 Å². The number of hydrogen-bond donors (Lipinski definition) is 0. The van der Waals surface area contributed by atoms with Gasteiger partial charge in [0.25, 0.3) is 0 Å². The standard InChI is InChI=1S/C45H43Cl2N5O3/c1-29-34(28-54-43-21-42(53-27-33-17-32(22-48)23-49-24-33)35(20-39(43)46)26-52-15-5-6-16-52)9-7-10-36(29)37-11-8-12-38(30(37)2)45-50-41-19-31(18-40(47)44(41)55-45)25-51-13-3-4-14-51/h7-12,17-21,23-24H,3-6,13-16,25-28H2,1-2H3. The zero-order valence-corrected chi connectivity index (χ0v) is 32.7. The van der Waals surface area contributed by atoms with E-state index in [1.54, 1.807) is 18.5 Å². The molecule has 4 heterocycles. The molecule has 2 saturated heterocycles. The number of pyridine rings is 1. The molecule has 2 aromatic heterocycles. The summed E-state index contributed by atoms with van der Waals surface area (Å²) in [5.74, 6) is 1.81. The van der Waals surface area contributed by atoms with Crippen LogP contribution in [0.2, 0.25) is 10.0 Å². The zero-order chi connectivity index (χ0) is 37.9. The number of hydrogen-bond acceptors (Lipinski definition) is 8. The highest BCUT2D eigenvalue weighted by Crippen LogP contribution is 2.39. The monoisotopic (exact) mass is 771 g/mol. The predicted molar refractivity (Wildman–Crippen MR) is 217 cm³/mol. The van der Waals surface area contributed by atoms with Crippen molar-refractivity contribution < 1.29 is 13.9 Å². The van der Waals surface area contributed by atoms with Gasteiger partial charge >= 0.3 is 0 Å². The third kappa shape index (κ3) is 8.22. The minimum Gasteiger partial charge on any atom is -0.488 e. The number of nitrogens with zero attached hydrogens (tertiary/aromatic N) is 5. The number of benzene rings is 4. The highest BCUT2D eigenvalue weighted by Gasteiger charge is 2.21. The molecule has 0 amide bonds. The van der Waals surface area contributed by atoms with Gasteiger partial charge in [0.05, 0.1) is 15.6 Å². The van der Waals surface area contributed by atoms with E-state index in [2.05, 4.69) is 71.1 Å². The number of likely N-dealkylation sites (tertiary alicyclic amines) is 2. The lowest BCUT2D eigenvalue weighted by molar-refractivity contribution is 0.277. The van der Waals surface area contributed by atoms with Crippen molar-refractivity contribution in [2.24, 2.45) is 0 Å². The Morgan fingerprint density at radius 3 is 2.16 bits per heavy atom. The lowest BCUT2D eigenvalue weighted by Gasteiger charge is -2.20. The minimum atomic E-state index is 0.270. The first-order chi connectivity index (χ1) is 26.8. The van der Waals surface area contributed by atoms with Crippen molar-refractivity contribution in [3.05, 3.63) is 128 Å². The Morgan fingerprint density at radius 1 is 0.709 bits per heavy atom. The molecule has 0 bridgehead atoms. The van der Waals surface area contributed by atoms with Crippen LogP contribution in [-0.4, -0.2) is 45.9 Å². The molecule has 8 nitrogen and oxygen atoms in total. The fourth-order valence-electron chi connectivity index (χ4n) is 7.81. The van der Waals surface area contributed by atoms with Gasteiger partial charge in [-0.15, -0.1) is 0 Å². The molecule has 0 spiro atoms. The summed E-state index contributed by atoms with van der Waals surface area (Å²) in [6.07, 6.45) is 8.12. The van der Waals surface area contributed by atoms with Gasteiger partial charge in [-0.1, -0.05) is 53.5 Å². The summed E-state index contributed by atoms with van der Waals surface area (Å²) in [6.45, 7) is 10.8. The maximum absolute atomic E-state index is 9.34. The molecule has 4 aromatic carbocycles. The second kappa shape index (κ2) is 16.4. The predicted octanol–water partition coefficient (Wildman–Crippen LogP) is 10.7. The number of nitriles is 1. The molecule has 280 valence electrons. The van der Waals surface area contributed by atoms with Gasteiger partial charge < -0.3 is 13.9 Å². The van der Waals surface area contributed by atoms with E-state index in [1.165, 1.54) is 25.7 Å². The molecular formula is C45H43Cl2N5O3. The summed E-state index contributed by atoms with van der Waals surface area (Å²) in [4.78, 5) is 14.0. The molecule has 6 aromatic rings. The Morgan fingerprint density at radius 2 is 1.40 bits per heavy atom. The molecule has 0 saturated carbocycles. The molecule has 0 unspecified atom stereocenters. The van der Waals surface area contributed by atoms with Crippen LogP contribution in [0.4, 0.5) is 0 Å². The van der Waals surface area contributed by atoms with E-state index in [0.717, 1.165) is 94.9 Å². The van der Waals surface area contributed by atoms with Gasteiger partial charge in [-0.05, 0) is 129 Å². The summed E-state index contributed by atoms with van der Waals surface area (Å²) in [6, 6.07) is 24.4. The quantitative estimate of drug-likeness (QED) is 0.122. The normalized spacial score (nSPS) is 14.8. The topological polar surface area (TPSA) is 87.7 Å². The van der Waals surface area contributed by atoms with E-state index < -0.39 is 0 Å². The van der Waals surface area contributed by atoms with Crippen LogP contribution in [-0.2, 0) is 26.3 Å². The van der Waals surface area contributed by atoms with Gasteiger partial charge in [0.15, 0.2) is 5.58 Å². The summed E-state index contributed by atoms with van der Waals surface area (Å²) < 4.78 is 19.1. The van der Waals surface area contributed by atoms with E-state index in [-0.39, 0.29) is 6.61 Å². The number of ether oxygens (including phenoxy) is 2. The lowest BCUT2D eigenvalue weighted by atomic mass is 9.91. The molecule has 0 N–H and O–H groups in total. The number of fused-ring (bicyclic) bond motifs is 1. The SMILES string of the molecule is Cc1c(COc2cc(OCc3cncc(C#N)c3)c(CN3CCCC3)cc2Cl)cccc1-c1cccc(-c2nc3cc(CN4CCCC4)cc(Cl)c3o2)c1C. The maximum Gasteiger partial charge on any atom is 0.227 e. The van der Waals surface area contributed by atoms with E-state index in [4.69, 9.17) is 42.1 Å². The average molecular weight is 773 g/mol. The fraction of sp³-hybridized carbons (Fsp3) is 0.311. The van der Waals surface area contributed by atoms with Crippen LogP contribution < -0.4 is 9.47 Å². The highest BCUT2D eigenvalue weighted by atomic mass is 35.5. The van der Waals surface area contributed by atoms with Crippen molar-refractivity contribution >= 4 is 34.3 Å². The van der Waals surface area contributed by atoms with Crippen molar-refractivity contribution in [2.45, 2.75) is 65.8 Å². The number of halogens is 2. The molecule has 55 heavy (non-hydrogen) atoms. The molecule has 2 fully saturated rings. The third-order valence-corrected chi connectivity index (χ3v) is 11.4. The molecule has 2 aliphatic heterocycles. The number of oxazole rings is 1. The molecular weight excluding hydrogens is 729 g/mol. The smallest absolute Gasteiger partial charge is 0.227 e. The summed E-state index contributed by atoms with van der Waals surface area (Å²) in [5, 5.41) is 10.5. The highest BCUT2D eigenvalue weighted by molar-refractivity contribution is 6.34. The van der Waals surface area contributed by atoms with Crippen molar-refractivity contribution in [3.8, 4) is 40.1 Å². The Balaban J connectivity index is 1.03. The van der Waals surface area contributed by atoms with E-state index in [1.807, 2.05) is 24.3 Å². The van der Waals surface area contributed by atoms with E-state index in [0.29, 0.717) is 45.2 Å². The van der Waals surface area contributed by atoms with Crippen LogP contribution in [0, 0.1) is 25.2 Å². The summed E-state index contributed by atoms with van der Waals surface area (Å²) in [7, 11) is 0. The van der Waals surface area contributed by atoms with Crippen LogP contribution in [0.3, 0.4) is 0 Å². The van der Waals surface area contributed by atoms with Crippen molar-refractivity contribution in [1.82, 2.24) is 19.8 Å². The summed E-state index contributed by atoms with van der Waals surface area (Å²) >= 11 is 13.6. The Bertz CT molecular complexity index is 2390. The van der Waals surface area contributed by atoms with Crippen LogP contribution >= 0.6 is 23.2 Å². The minimum absolute atomic E-state index is 0.270. The van der Waals surface area contributed by atoms with Crippen LogP contribution in [0.25, 0.3) is 33.7 Å². The second-order valence-corrected chi connectivity index (χ2v) is 15.5. The molecule has 10 heteroatoms. The van der Waals surface area contributed by atoms with Gasteiger partial charge in [0.2, 0.25) is 5.89 Å². The first-order valence-electron chi connectivity index (χ1n) is 19.0. The van der Waals surface area contributed by atoms with Crippen molar-refractivity contribution in [2.75, 3.05) is 26.2 Å². The Hall–Kier alpha value is -4.91. The molecule has 0 atom stereocenters. The van der Waals surface area contributed by atoms with E-state index in [9.17, 15) is 5.26 Å². The molecule has 0 aliphatic carbocycles. The largest absolute Gasteiger partial charge is 0.488 e. The fourth-order valence-corrected chi connectivity index (χ4v) is 8.33. The lowest BCUT2D eigenvalue weighted by Crippen LogP contribution is -2.19. The van der Waals surface area contributed by atoms with Crippen LogP contribution in [0.5, 0.6) is 11.5 Å². The van der Waals surface area contributed by atoms with Crippen molar-refractivity contribution in [1.29, 1.82) is 5.26 Å². The number of aromatic nitrogens is 2. The first-order valence-corrected chi connectivity index (χ1v) is 19.7. The third-order valence-electron chi connectivity index (χ3n) is 10.8. The van der Waals surface area contributed by atoms with E-state index >= 15 is 0 Å². The van der Waals surface area contributed by atoms with Gasteiger partial charge in [0.1, 0.15) is 36.3 Å². The molecule has 2 aliphatic rings. The maximum atomic E-state index is 9.34. The van der Waals surface area contributed by atoms with Crippen molar-refractivity contribution in [3.63, 3.8) is 0 Å². The number of rotatable bonds is 12. The average Bonchev–Trinajstić information content (AvgIpc) is 3.99. The van der Waals surface area contributed by atoms with Gasteiger partial charge in [-0.3, -0.25) is 14.8 Å². The summed E-state index contributed by atoms with van der Waals surface area (Å²) in [5.41, 5.74) is 11.2. The molecule has 8 rings (SSSR count).